The molecule has 26 heavy (non-hydrogen) atoms. The van der Waals surface area contributed by atoms with Crippen LogP contribution in [0.3, 0.4) is 0 Å². The van der Waals surface area contributed by atoms with Gasteiger partial charge in [-0.05, 0) is 48.9 Å². The van der Waals surface area contributed by atoms with Crippen molar-refractivity contribution in [1.82, 2.24) is 0 Å². The second kappa shape index (κ2) is 10.5. The van der Waals surface area contributed by atoms with Crippen molar-refractivity contribution < 1.29 is 9.59 Å². The van der Waals surface area contributed by atoms with Crippen LogP contribution in [0, 0.1) is 0 Å². The lowest BCUT2D eigenvalue weighted by atomic mass is 10.2. The number of amides is 2. The molecule has 0 aliphatic heterocycles. The molecule has 0 unspecified atom stereocenters. The minimum absolute atomic E-state index is 0.0185. The van der Waals surface area contributed by atoms with E-state index >= 15 is 0 Å². The van der Waals surface area contributed by atoms with E-state index in [4.69, 9.17) is 23.2 Å². The van der Waals surface area contributed by atoms with Gasteiger partial charge in [-0.15, -0.1) is 11.8 Å². The van der Waals surface area contributed by atoms with Crippen LogP contribution in [-0.2, 0) is 9.59 Å². The summed E-state index contributed by atoms with van der Waals surface area (Å²) in [5.41, 5.74) is 1.25. The van der Waals surface area contributed by atoms with Crippen molar-refractivity contribution >= 4 is 58.2 Å². The van der Waals surface area contributed by atoms with Gasteiger partial charge in [0.05, 0.1) is 16.5 Å². The quantitative estimate of drug-likeness (QED) is 0.536. The molecule has 138 valence electrons. The first-order chi connectivity index (χ1) is 12.5. The zero-order chi connectivity index (χ0) is 18.9. The predicted octanol–water partition coefficient (Wildman–Crippen LogP) is 5.85. The molecule has 7 heteroatoms. The van der Waals surface area contributed by atoms with E-state index in [0.717, 1.165) is 23.4 Å². The van der Waals surface area contributed by atoms with Crippen LogP contribution >= 0.6 is 35.0 Å². The lowest BCUT2D eigenvalue weighted by Crippen LogP contribution is -2.14. The van der Waals surface area contributed by atoms with Gasteiger partial charge < -0.3 is 10.6 Å². The summed E-state index contributed by atoms with van der Waals surface area (Å²) in [6.07, 6.45) is 2.40. The summed E-state index contributed by atoms with van der Waals surface area (Å²) in [7, 11) is 0. The highest BCUT2D eigenvalue weighted by atomic mass is 35.5. The highest BCUT2D eigenvalue weighted by molar-refractivity contribution is 8.00. The average Bonchev–Trinajstić information content (AvgIpc) is 2.62. The molecule has 0 saturated heterocycles. The Bertz CT molecular complexity index is 767. The van der Waals surface area contributed by atoms with Crippen LogP contribution in [0.2, 0.25) is 10.0 Å². The molecule has 2 rings (SSSR count). The van der Waals surface area contributed by atoms with E-state index in [2.05, 4.69) is 17.6 Å². The Morgan fingerprint density at radius 2 is 1.73 bits per heavy atom. The molecule has 2 aromatic carbocycles. The van der Waals surface area contributed by atoms with Crippen molar-refractivity contribution in [3.05, 3.63) is 52.5 Å². The smallest absolute Gasteiger partial charge is 0.234 e. The van der Waals surface area contributed by atoms with Crippen LogP contribution in [0.5, 0.6) is 0 Å². The second-order valence-corrected chi connectivity index (χ2v) is 7.53. The summed E-state index contributed by atoms with van der Waals surface area (Å²) in [6.45, 7) is 2.05. The molecule has 0 radical (unpaired) electrons. The van der Waals surface area contributed by atoms with Crippen molar-refractivity contribution in [3.8, 4) is 0 Å². The van der Waals surface area contributed by atoms with Crippen molar-refractivity contribution in [2.24, 2.45) is 0 Å². The maximum atomic E-state index is 12.1. The van der Waals surface area contributed by atoms with E-state index < -0.39 is 0 Å². The number of carbonyl (C=O) groups is 2. The molecule has 0 aromatic heterocycles. The van der Waals surface area contributed by atoms with E-state index in [1.54, 1.807) is 18.2 Å². The highest BCUT2D eigenvalue weighted by Crippen LogP contribution is 2.26. The first kappa shape index (κ1) is 20.6. The maximum Gasteiger partial charge on any atom is 0.234 e. The highest BCUT2D eigenvalue weighted by Gasteiger charge is 2.08. The van der Waals surface area contributed by atoms with Gasteiger partial charge in [0, 0.05) is 22.0 Å². The van der Waals surface area contributed by atoms with Gasteiger partial charge in [-0.25, -0.2) is 0 Å². The van der Waals surface area contributed by atoms with E-state index in [0.29, 0.717) is 22.2 Å². The molecular formula is C19H20Cl2N2O2S. The summed E-state index contributed by atoms with van der Waals surface area (Å²) >= 11 is 13.3. The molecule has 4 nitrogen and oxygen atoms in total. The molecule has 2 amide bonds. The fraction of sp³-hybridized carbons (Fsp3) is 0.263. The predicted molar refractivity (Wildman–Crippen MR) is 110 cm³/mol. The SMILES string of the molecule is CCCCC(=O)Nc1ccc(SCC(=O)Nc2cc(Cl)ccc2Cl)cc1. The van der Waals surface area contributed by atoms with Gasteiger partial charge in [0.25, 0.3) is 0 Å². The van der Waals surface area contributed by atoms with Gasteiger partial charge in [0.1, 0.15) is 0 Å². The number of unbranched alkanes of at least 4 members (excludes halogenated alkanes) is 1. The zero-order valence-electron chi connectivity index (χ0n) is 14.4. The average molecular weight is 411 g/mol. The summed E-state index contributed by atoms with van der Waals surface area (Å²) in [4.78, 5) is 24.7. The van der Waals surface area contributed by atoms with E-state index in [9.17, 15) is 9.59 Å². The van der Waals surface area contributed by atoms with Crippen LogP contribution in [-0.4, -0.2) is 17.6 Å². The van der Waals surface area contributed by atoms with Gasteiger partial charge >= 0.3 is 0 Å². The number of halogens is 2. The molecule has 0 spiro atoms. The van der Waals surface area contributed by atoms with E-state index in [-0.39, 0.29) is 17.6 Å². The number of carbonyl (C=O) groups excluding carboxylic acids is 2. The Balaban J connectivity index is 1.82. The summed E-state index contributed by atoms with van der Waals surface area (Å²) in [6, 6.07) is 12.3. The summed E-state index contributed by atoms with van der Waals surface area (Å²) in [5.74, 6) is 0.0894. The standard InChI is InChI=1S/C19H20Cl2N2O2S/c1-2-3-4-18(24)22-14-6-8-15(9-7-14)26-12-19(25)23-17-11-13(20)5-10-16(17)21/h5-11H,2-4,12H2,1H3,(H,22,24)(H,23,25). The van der Waals surface area contributed by atoms with Crippen LogP contribution < -0.4 is 10.6 Å². The number of benzene rings is 2. The zero-order valence-corrected chi connectivity index (χ0v) is 16.7. The molecule has 0 fully saturated rings. The van der Waals surface area contributed by atoms with Gasteiger partial charge in [0.2, 0.25) is 11.8 Å². The Labute approximate surface area is 167 Å². The fourth-order valence-electron chi connectivity index (χ4n) is 2.12. The molecule has 0 heterocycles. The van der Waals surface area contributed by atoms with Gasteiger partial charge in [-0.1, -0.05) is 36.5 Å². The van der Waals surface area contributed by atoms with Crippen molar-refractivity contribution in [2.45, 2.75) is 31.1 Å². The summed E-state index contributed by atoms with van der Waals surface area (Å²) < 4.78 is 0. The largest absolute Gasteiger partial charge is 0.326 e. The van der Waals surface area contributed by atoms with Gasteiger partial charge in [-0.3, -0.25) is 9.59 Å². The third-order valence-electron chi connectivity index (χ3n) is 3.47. The molecule has 0 atom stereocenters. The third kappa shape index (κ3) is 6.90. The van der Waals surface area contributed by atoms with Crippen LogP contribution in [0.4, 0.5) is 11.4 Å². The number of hydrogen-bond donors (Lipinski definition) is 2. The first-order valence-electron chi connectivity index (χ1n) is 8.25. The minimum Gasteiger partial charge on any atom is -0.326 e. The van der Waals surface area contributed by atoms with E-state index in [1.165, 1.54) is 11.8 Å². The number of rotatable bonds is 8. The van der Waals surface area contributed by atoms with E-state index in [1.807, 2.05) is 24.3 Å². The molecule has 0 aliphatic carbocycles. The normalized spacial score (nSPS) is 10.4. The molecule has 0 bridgehead atoms. The molecule has 2 N–H and O–H groups in total. The third-order valence-corrected chi connectivity index (χ3v) is 5.04. The topological polar surface area (TPSA) is 58.2 Å². The Hall–Kier alpha value is -1.69. The Kier molecular flexibility index (Phi) is 8.29. The summed E-state index contributed by atoms with van der Waals surface area (Å²) in [5, 5.41) is 6.55. The fourth-order valence-corrected chi connectivity index (χ4v) is 3.16. The molecule has 0 aliphatic rings. The first-order valence-corrected chi connectivity index (χ1v) is 9.99. The second-order valence-electron chi connectivity index (χ2n) is 5.64. The van der Waals surface area contributed by atoms with Crippen LogP contribution in [0.25, 0.3) is 0 Å². The lowest BCUT2D eigenvalue weighted by Gasteiger charge is -2.08. The van der Waals surface area contributed by atoms with Gasteiger partial charge in [-0.2, -0.15) is 0 Å². The number of anilines is 2. The van der Waals surface area contributed by atoms with Crippen LogP contribution in [0.15, 0.2) is 47.4 Å². The van der Waals surface area contributed by atoms with Crippen molar-refractivity contribution in [2.75, 3.05) is 16.4 Å². The molecular weight excluding hydrogens is 391 g/mol. The lowest BCUT2D eigenvalue weighted by molar-refractivity contribution is -0.116. The van der Waals surface area contributed by atoms with Crippen LogP contribution in [0.1, 0.15) is 26.2 Å². The maximum absolute atomic E-state index is 12.1. The monoisotopic (exact) mass is 410 g/mol. The number of hydrogen-bond acceptors (Lipinski definition) is 3. The number of nitrogens with one attached hydrogen (secondary N) is 2. The minimum atomic E-state index is -0.170. The molecule has 0 saturated carbocycles. The number of thioether (sulfide) groups is 1. The molecule has 2 aromatic rings. The van der Waals surface area contributed by atoms with Gasteiger partial charge in [0.15, 0.2) is 0 Å². The van der Waals surface area contributed by atoms with Crippen molar-refractivity contribution in [1.29, 1.82) is 0 Å². The Morgan fingerprint density at radius 1 is 1.00 bits per heavy atom. The Morgan fingerprint density at radius 3 is 2.42 bits per heavy atom. The van der Waals surface area contributed by atoms with Crippen molar-refractivity contribution in [3.63, 3.8) is 0 Å².